The molecule has 2 N–H and O–H groups in total. The topological polar surface area (TPSA) is 56.7 Å². The molecule has 4 nitrogen and oxygen atoms in total. The SMILES string of the molecule is CC(C)c1c(N)nnn1CCc1ccccc1. The quantitative estimate of drug-likeness (QED) is 0.876. The molecule has 1 aromatic carbocycles. The van der Waals surface area contributed by atoms with E-state index in [1.54, 1.807) is 0 Å². The highest BCUT2D eigenvalue weighted by Crippen LogP contribution is 2.19. The summed E-state index contributed by atoms with van der Waals surface area (Å²) in [5, 5.41) is 8.03. The van der Waals surface area contributed by atoms with Gasteiger partial charge < -0.3 is 5.73 Å². The van der Waals surface area contributed by atoms with E-state index in [9.17, 15) is 0 Å². The summed E-state index contributed by atoms with van der Waals surface area (Å²) in [6.07, 6.45) is 0.948. The summed E-state index contributed by atoms with van der Waals surface area (Å²) in [4.78, 5) is 0. The Kier molecular flexibility index (Phi) is 3.42. The maximum atomic E-state index is 5.82. The van der Waals surface area contributed by atoms with Crippen molar-refractivity contribution in [1.82, 2.24) is 15.0 Å². The second-order valence-electron chi connectivity index (χ2n) is 4.47. The zero-order valence-electron chi connectivity index (χ0n) is 10.3. The van der Waals surface area contributed by atoms with Gasteiger partial charge in [-0.05, 0) is 17.9 Å². The van der Waals surface area contributed by atoms with Crippen molar-refractivity contribution in [1.29, 1.82) is 0 Å². The molecule has 0 radical (unpaired) electrons. The Hall–Kier alpha value is -1.84. The molecule has 0 aliphatic carbocycles. The zero-order valence-corrected chi connectivity index (χ0v) is 10.3. The molecule has 0 amide bonds. The fourth-order valence-corrected chi connectivity index (χ4v) is 1.97. The monoisotopic (exact) mass is 230 g/mol. The number of hydrogen-bond acceptors (Lipinski definition) is 3. The van der Waals surface area contributed by atoms with E-state index in [2.05, 4.69) is 36.3 Å². The summed E-state index contributed by atoms with van der Waals surface area (Å²) in [7, 11) is 0. The largest absolute Gasteiger partial charge is 0.381 e. The molecule has 0 unspecified atom stereocenters. The van der Waals surface area contributed by atoms with E-state index in [4.69, 9.17) is 5.73 Å². The third kappa shape index (κ3) is 2.64. The van der Waals surface area contributed by atoms with Gasteiger partial charge in [-0.3, -0.25) is 0 Å². The van der Waals surface area contributed by atoms with Crippen LogP contribution in [0.4, 0.5) is 5.82 Å². The molecule has 0 saturated carbocycles. The number of benzene rings is 1. The fourth-order valence-electron chi connectivity index (χ4n) is 1.97. The van der Waals surface area contributed by atoms with Crippen molar-refractivity contribution < 1.29 is 0 Å². The normalized spacial score (nSPS) is 11.0. The van der Waals surface area contributed by atoms with Crippen molar-refractivity contribution in [3.05, 3.63) is 41.6 Å². The number of hydrogen-bond donors (Lipinski definition) is 1. The minimum Gasteiger partial charge on any atom is -0.381 e. The van der Waals surface area contributed by atoms with Gasteiger partial charge in [-0.2, -0.15) is 0 Å². The smallest absolute Gasteiger partial charge is 0.169 e. The van der Waals surface area contributed by atoms with Crippen LogP contribution in [0.1, 0.15) is 31.0 Å². The molecule has 0 bridgehead atoms. The van der Waals surface area contributed by atoms with E-state index >= 15 is 0 Å². The molecule has 17 heavy (non-hydrogen) atoms. The minimum absolute atomic E-state index is 0.348. The summed E-state index contributed by atoms with van der Waals surface area (Å²) in [5.41, 5.74) is 8.15. The number of anilines is 1. The van der Waals surface area contributed by atoms with Crippen LogP contribution in [0.2, 0.25) is 0 Å². The average Bonchev–Trinajstić information content (AvgIpc) is 2.69. The predicted molar refractivity (Wildman–Crippen MR) is 68.7 cm³/mol. The molecular weight excluding hydrogens is 212 g/mol. The van der Waals surface area contributed by atoms with Crippen LogP contribution < -0.4 is 5.73 Å². The van der Waals surface area contributed by atoms with Gasteiger partial charge in [-0.15, -0.1) is 5.10 Å². The third-order valence-electron chi connectivity index (χ3n) is 2.80. The molecule has 1 aromatic heterocycles. The van der Waals surface area contributed by atoms with E-state index in [0.717, 1.165) is 18.7 Å². The molecule has 2 rings (SSSR count). The van der Waals surface area contributed by atoms with Gasteiger partial charge in [0, 0.05) is 6.54 Å². The zero-order chi connectivity index (χ0) is 12.3. The number of rotatable bonds is 4. The van der Waals surface area contributed by atoms with E-state index in [1.165, 1.54) is 5.56 Å². The third-order valence-corrected chi connectivity index (χ3v) is 2.80. The molecule has 0 fully saturated rings. The summed E-state index contributed by atoms with van der Waals surface area (Å²) < 4.78 is 1.91. The first-order chi connectivity index (χ1) is 8.18. The Morgan fingerprint density at radius 2 is 1.94 bits per heavy atom. The van der Waals surface area contributed by atoms with Gasteiger partial charge in [0.1, 0.15) is 0 Å². The van der Waals surface area contributed by atoms with Crippen molar-refractivity contribution in [2.24, 2.45) is 0 Å². The van der Waals surface area contributed by atoms with Crippen LogP contribution in [0.15, 0.2) is 30.3 Å². The molecule has 0 aliphatic rings. The lowest BCUT2D eigenvalue weighted by Gasteiger charge is -2.09. The fraction of sp³-hybridized carbons (Fsp3) is 0.385. The van der Waals surface area contributed by atoms with Crippen LogP contribution >= 0.6 is 0 Å². The van der Waals surface area contributed by atoms with Gasteiger partial charge in [-0.1, -0.05) is 49.4 Å². The van der Waals surface area contributed by atoms with Crippen molar-refractivity contribution in [3.63, 3.8) is 0 Å². The summed E-state index contributed by atoms with van der Waals surface area (Å²) in [5.74, 6) is 0.897. The van der Waals surface area contributed by atoms with Crippen LogP contribution in [-0.4, -0.2) is 15.0 Å². The van der Waals surface area contributed by atoms with Crippen molar-refractivity contribution in [2.45, 2.75) is 32.7 Å². The first-order valence-corrected chi connectivity index (χ1v) is 5.91. The van der Waals surface area contributed by atoms with E-state index in [0.29, 0.717) is 11.7 Å². The van der Waals surface area contributed by atoms with Gasteiger partial charge >= 0.3 is 0 Å². The van der Waals surface area contributed by atoms with Crippen LogP contribution in [-0.2, 0) is 13.0 Å². The average molecular weight is 230 g/mol. The van der Waals surface area contributed by atoms with E-state index < -0.39 is 0 Å². The lowest BCUT2D eigenvalue weighted by atomic mass is 10.1. The van der Waals surface area contributed by atoms with Crippen LogP contribution in [0.5, 0.6) is 0 Å². The Bertz CT molecular complexity index is 473. The first kappa shape index (κ1) is 11.6. The summed E-state index contributed by atoms with van der Waals surface area (Å²) in [6, 6.07) is 10.4. The maximum Gasteiger partial charge on any atom is 0.169 e. The Labute approximate surface area is 101 Å². The van der Waals surface area contributed by atoms with Gasteiger partial charge in [-0.25, -0.2) is 4.68 Å². The summed E-state index contributed by atoms with van der Waals surface area (Å²) in [6.45, 7) is 5.03. The van der Waals surface area contributed by atoms with Crippen LogP contribution in [0.3, 0.4) is 0 Å². The minimum atomic E-state index is 0.348. The molecule has 0 atom stereocenters. The maximum absolute atomic E-state index is 5.82. The Balaban J connectivity index is 2.09. The second-order valence-corrected chi connectivity index (χ2v) is 4.47. The highest BCUT2D eigenvalue weighted by molar-refractivity contribution is 5.35. The molecule has 0 spiro atoms. The van der Waals surface area contributed by atoms with Gasteiger partial charge in [0.05, 0.1) is 5.69 Å². The molecular formula is C13H18N4. The number of aryl methyl sites for hydroxylation is 2. The van der Waals surface area contributed by atoms with Gasteiger partial charge in [0.25, 0.3) is 0 Å². The van der Waals surface area contributed by atoms with Gasteiger partial charge in [0.15, 0.2) is 5.82 Å². The van der Waals surface area contributed by atoms with Crippen molar-refractivity contribution in [3.8, 4) is 0 Å². The molecule has 90 valence electrons. The molecule has 4 heteroatoms. The standard InChI is InChI=1S/C13H18N4/c1-10(2)12-13(14)15-16-17(12)9-8-11-6-4-3-5-7-11/h3-7,10H,8-9,14H2,1-2H3. The van der Waals surface area contributed by atoms with Crippen LogP contribution in [0.25, 0.3) is 0 Å². The van der Waals surface area contributed by atoms with Crippen molar-refractivity contribution in [2.75, 3.05) is 5.73 Å². The molecule has 0 aliphatic heterocycles. The van der Waals surface area contributed by atoms with E-state index in [-0.39, 0.29) is 0 Å². The predicted octanol–water partition coefficient (Wildman–Crippen LogP) is 2.23. The molecule has 0 saturated heterocycles. The lowest BCUT2D eigenvalue weighted by Crippen LogP contribution is -2.09. The lowest BCUT2D eigenvalue weighted by molar-refractivity contribution is 0.550. The Morgan fingerprint density at radius 3 is 2.59 bits per heavy atom. The Morgan fingerprint density at radius 1 is 1.24 bits per heavy atom. The highest BCUT2D eigenvalue weighted by atomic mass is 15.4. The number of nitrogens with zero attached hydrogens (tertiary/aromatic N) is 3. The molecule has 2 aromatic rings. The number of aromatic nitrogens is 3. The second kappa shape index (κ2) is 4.99. The van der Waals surface area contributed by atoms with Gasteiger partial charge in [0.2, 0.25) is 0 Å². The number of nitrogens with two attached hydrogens (primary N) is 1. The summed E-state index contributed by atoms with van der Waals surface area (Å²) >= 11 is 0. The van der Waals surface area contributed by atoms with Crippen LogP contribution in [0, 0.1) is 0 Å². The highest BCUT2D eigenvalue weighted by Gasteiger charge is 2.13. The van der Waals surface area contributed by atoms with E-state index in [1.807, 2.05) is 22.9 Å². The number of nitrogen functional groups attached to an aromatic ring is 1. The molecule has 1 heterocycles. The van der Waals surface area contributed by atoms with Crippen molar-refractivity contribution >= 4 is 5.82 Å². The first-order valence-electron chi connectivity index (χ1n) is 5.91.